The highest BCUT2D eigenvalue weighted by Crippen LogP contribution is 2.42. The van der Waals surface area contributed by atoms with Gasteiger partial charge in [-0.25, -0.2) is 0 Å². The van der Waals surface area contributed by atoms with E-state index in [1.807, 2.05) is 62.4 Å². The molecule has 2 aromatic rings. The van der Waals surface area contributed by atoms with Gasteiger partial charge in [-0.2, -0.15) is 0 Å². The molecule has 0 unspecified atom stereocenters. The quantitative estimate of drug-likeness (QED) is 0.817. The third-order valence-corrected chi connectivity index (χ3v) is 4.90. The van der Waals surface area contributed by atoms with Gasteiger partial charge >= 0.3 is 0 Å². The maximum Gasteiger partial charge on any atom is 0.256 e. The lowest BCUT2D eigenvalue weighted by atomic mass is 9.99. The summed E-state index contributed by atoms with van der Waals surface area (Å²) in [6.45, 7) is 4.37. The fourth-order valence-corrected chi connectivity index (χ4v) is 2.96. The number of amides is 1. The maximum atomic E-state index is 12.6. The first-order valence-corrected chi connectivity index (χ1v) is 8.67. The van der Waals surface area contributed by atoms with E-state index in [0.29, 0.717) is 12.5 Å². The highest BCUT2D eigenvalue weighted by molar-refractivity contribution is 5.97. The van der Waals surface area contributed by atoms with Gasteiger partial charge in [-0.3, -0.25) is 4.79 Å². The third kappa shape index (κ3) is 4.02. The summed E-state index contributed by atoms with van der Waals surface area (Å²) in [5.74, 6) is 1.04. The smallest absolute Gasteiger partial charge is 0.256 e. The molecule has 1 fully saturated rings. The molecule has 0 heterocycles. The van der Waals surface area contributed by atoms with Crippen LogP contribution in [0.5, 0.6) is 5.75 Å². The van der Waals surface area contributed by atoms with Gasteiger partial charge in [0.15, 0.2) is 0 Å². The van der Waals surface area contributed by atoms with E-state index < -0.39 is 5.60 Å². The van der Waals surface area contributed by atoms with Crippen molar-refractivity contribution in [2.45, 2.75) is 38.9 Å². The second-order valence-electron chi connectivity index (χ2n) is 6.79. The van der Waals surface area contributed by atoms with Crippen molar-refractivity contribution in [1.82, 2.24) is 0 Å². The average Bonchev–Trinajstić information content (AvgIpc) is 3.46. The van der Waals surface area contributed by atoms with Crippen molar-refractivity contribution in [3.05, 3.63) is 59.7 Å². The van der Waals surface area contributed by atoms with Crippen LogP contribution in [0.2, 0.25) is 0 Å². The molecule has 1 amide bonds. The van der Waals surface area contributed by atoms with E-state index in [2.05, 4.69) is 5.32 Å². The minimum atomic E-state index is -0.754. The Bertz CT molecular complexity index is 740. The van der Waals surface area contributed by atoms with Crippen LogP contribution in [0.25, 0.3) is 0 Å². The molecule has 0 spiro atoms. The topological polar surface area (TPSA) is 47.6 Å². The molecule has 0 radical (unpaired) electrons. The van der Waals surface area contributed by atoms with Crippen LogP contribution in [0, 0.1) is 12.8 Å². The first kappa shape index (κ1) is 17.5. The van der Waals surface area contributed by atoms with Crippen molar-refractivity contribution < 1.29 is 14.3 Å². The maximum absolute atomic E-state index is 12.6. The third-order valence-electron chi connectivity index (χ3n) is 4.90. The van der Waals surface area contributed by atoms with E-state index in [4.69, 9.17) is 9.47 Å². The Morgan fingerprint density at radius 3 is 2.52 bits per heavy atom. The van der Waals surface area contributed by atoms with Crippen molar-refractivity contribution in [3.8, 4) is 5.75 Å². The number of anilines is 1. The van der Waals surface area contributed by atoms with Gasteiger partial charge in [0.25, 0.3) is 5.91 Å². The lowest BCUT2D eigenvalue weighted by Crippen LogP contribution is -2.44. The molecule has 1 aliphatic rings. The van der Waals surface area contributed by atoms with Crippen LogP contribution in [0.3, 0.4) is 0 Å². The number of rotatable bonds is 7. The zero-order valence-electron chi connectivity index (χ0n) is 15.0. The molecule has 1 N–H and O–H groups in total. The van der Waals surface area contributed by atoms with Crippen molar-refractivity contribution in [1.29, 1.82) is 0 Å². The molecule has 0 saturated heterocycles. The van der Waals surface area contributed by atoms with Gasteiger partial charge in [-0.05, 0) is 61.9 Å². The highest BCUT2D eigenvalue weighted by atomic mass is 16.5. The van der Waals surface area contributed by atoms with Crippen molar-refractivity contribution in [3.63, 3.8) is 0 Å². The standard InChI is InChI=1S/C21H25NO3/c1-15-13-18(22-20(23)21(2,24-3)17-9-10-17)11-12-19(15)25-14-16-7-5-4-6-8-16/h4-8,11-13,17H,9-10,14H2,1-3H3,(H,22,23)/t21-/m0/s1. The Balaban J connectivity index is 1.64. The van der Waals surface area contributed by atoms with E-state index >= 15 is 0 Å². The number of aryl methyl sites for hydroxylation is 1. The minimum Gasteiger partial charge on any atom is -0.489 e. The van der Waals surface area contributed by atoms with Gasteiger partial charge in [0, 0.05) is 12.8 Å². The zero-order valence-corrected chi connectivity index (χ0v) is 15.0. The number of hydrogen-bond acceptors (Lipinski definition) is 3. The summed E-state index contributed by atoms with van der Waals surface area (Å²) in [6.07, 6.45) is 2.09. The van der Waals surface area contributed by atoms with E-state index in [-0.39, 0.29) is 5.91 Å². The van der Waals surface area contributed by atoms with Crippen LogP contribution in [0.1, 0.15) is 30.9 Å². The fraction of sp³-hybridized carbons (Fsp3) is 0.381. The van der Waals surface area contributed by atoms with Crippen LogP contribution >= 0.6 is 0 Å². The van der Waals surface area contributed by atoms with Gasteiger partial charge in [0.2, 0.25) is 0 Å². The Kier molecular flexibility index (Phi) is 5.09. The van der Waals surface area contributed by atoms with Gasteiger partial charge in [0.05, 0.1) is 0 Å². The molecule has 0 aromatic heterocycles. The van der Waals surface area contributed by atoms with E-state index in [1.54, 1.807) is 7.11 Å². The molecule has 1 aliphatic carbocycles. The molecule has 1 atom stereocenters. The van der Waals surface area contributed by atoms with Crippen molar-refractivity contribution in [2.24, 2.45) is 5.92 Å². The number of hydrogen-bond donors (Lipinski definition) is 1. The molecule has 3 rings (SSSR count). The summed E-state index contributed by atoms with van der Waals surface area (Å²) in [7, 11) is 1.60. The second kappa shape index (κ2) is 7.28. The summed E-state index contributed by atoms with van der Waals surface area (Å²) in [5.41, 5.74) is 2.12. The van der Waals surface area contributed by atoms with Crippen LogP contribution in [0.15, 0.2) is 48.5 Å². The molecule has 2 aromatic carbocycles. The van der Waals surface area contributed by atoms with Crippen molar-refractivity contribution >= 4 is 11.6 Å². The average molecular weight is 339 g/mol. The lowest BCUT2D eigenvalue weighted by molar-refractivity contribution is -0.138. The predicted molar refractivity (Wildman–Crippen MR) is 98.7 cm³/mol. The van der Waals surface area contributed by atoms with Crippen LogP contribution in [0.4, 0.5) is 5.69 Å². The summed E-state index contributed by atoms with van der Waals surface area (Å²) in [6, 6.07) is 15.8. The second-order valence-corrected chi connectivity index (χ2v) is 6.79. The Hall–Kier alpha value is -2.33. The lowest BCUT2D eigenvalue weighted by Gasteiger charge is -2.26. The molecule has 4 nitrogen and oxygen atoms in total. The van der Waals surface area contributed by atoms with E-state index in [9.17, 15) is 4.79 Å². The molecule has 0 bridgehead atoms. The van der Waals surface area contributed by atoms with Crippen LogP contribution < -0.4 is 10.1 Å². The monoisotopic (exact) mass is 339 g/mol. The molecular formula is C21H25NO3. The number of carbonyl (C=O) groups is 1. The molecule has 0 aliphatic heterocycles. The first-order valence-electron chi connectivity index (χ1n) is 8.67. The van der Waals surface area contributed by atoms with Crippen molar-refractivity contribution in [2.75, 3.05) is 12.4 Å². The highest BCUT2D eigenvalue weighted by Gasteiger charge is 2.47. The van der Waals surface area contributed by atoms with Gasteiger partial charge in [-0.1, -0.05) is 30.3 Å². The van der Waals surface area contributed by atoms with Crippen LogP contribution in [-0.2, 0) is 16.1 Å². The molecule has 1 saturated carbocycles. The van der Waals surface area contributed by atoms with E-state index in [1.165, 1.54) is 0 Å². The SMILES string of the molecule is CO[C@](C)(C(=O)Nc1ccc(OCc2ccccc2)c(C)c1)C1CC1. The molecule has 25 heavy (non-hydrogen) atoms. The molecular weight excluding hydrogens is 314 g/mol. The van der Waals surface area contributed by atoms with Crippen LogP contribution in [-0.4, -0.2) is 18.6 Å². The zero-order chi connectivity index (χ0) is 17.9. The Morgan fingerprint density at radius 2 is 1.92 bits per heavy atom. The van der Waals surface area contributed by atoms with Gasteiger partial charge in [0.1, 0.15) is 18.0 Å². The predicted octanol–water partition coefficient (Wildman–Crippen LogP) is 4.33. The number of nitrogens with one attached hydrogen (secondary N) is 1. The number of benzene rings is 2. The van der Waals surface area contributed by atoms with E-state index in [0.717, 1.165) is 35.4 Å². The number of carbonyl (C=O) groups excluding carboxylic acids is 1. The molecule has 4 heteroatoms. The number of methoxy groups -OCH3 is 1. The Morgan fingerprint density at radius 1 is 1.20 bits per heavy atom. The largest absolute Gasteiger partial charge is 0.489 e. The Labute approximate surface area is 149 Å². The molecule has 132 valence electrons. The minimum absolute atomic E-state index is 0.0881. The van der Waals surface area contributed by atoms with Gasteiger partial charge in [-0.15, -0.1) is 0 Å². The number of ether oxygens (including phenoxy) is 2. The normalized spacial score (nSPS) is 16.1. The summed E-state index contributed by atoms with van der Waals surface area (Å²) < 4.78 is 11.4. The summed E-state index contributed by atoms with van der Waals surface area (Å²) in [4.78, 5) is 12.6. The summed E-state index contributed by atoms with van der Waals surface area (Å²) >= 11 is 0. The first-order chi connectivity index (χ1) is 12.0. The van der Waals surface area contributed by atoms with Gasteiger partial charge < -0.3 is 14.8 Å². The fourth-order valence-electron chi connectivity index (χ4n) is 2.96. The summed E-state index contributed by atoms with van der Waals surface area (Å²) in [5, 5.41) is 2.98.